The summed E-state index contributed by atoms with van der Waals surface area (Å²) in [6.07, 6.45) is 5.43. The zero-order chi connectivity index (χ0) is 13.7. The van der Waals surface area contributed by atoms with E-state index in [2.05, 4.69) is 0 Å². The molecule has 2 N–H and O–H groups in total. The zero-order valence-corrected chi connectivity index (χ0v) is 11.3. The predicted molar refractivity (Wildman–Crippen MR) is 70.7 cm³/mol. The fourth-order valence-corrected chi connectivity index (χ4v) is 1.84. The van der Waals surface area contributed by atoms with Crippen molar-refractivity contribution in [3.8, 4) is 23.0 Å². The van der Waals surface area contributed by atoms with E-state index in [1.807, 2.05) is 19.1 Å². The molecule has 0 aliphatic carbocycles. The highest BCUT2D eigenvalue weighted by Gasteiger charge is 2.22. The smallest absolute Gasteiger partial charge is 0.207 e. The van der Waals surface area contributed by atoms with Crippen molar-refractivity contribution in [1.29, 1.82) is 0 Å². The number of aromatic hydroxyl groups is 2. The van der Waals surface area contributed by atoms with Crippen molar-refractivity contribution in [2.45, 2.75) is 26.7 Å². The third-order valence-electron chi connectivity index (χ3n) is 2.86. The quantitative estimate of drug-likeness (QED) is 0.625. The SMILES string of the molecule is CC/C=C/Cc1c(C)c(O)c(OC)c(OC)c1O. The van der Waals surface area contributed by atoms with Gasteiger partial charge in [-0.15, -0.1) is 0 Å². The Kier molecular flexibility index (Phi) is 4.89. The molecule has 1 aromatic rings. The van der Waals surface area contributed by atoms with E-state index in [0.29, 0.717) is 17.5 Å². The second-order valence-corrected chi connectivity index (χ2v) is 3.95. The summed E-state index contributed by atoms with van der Waals surface area (Å²) in [7, 11) is 2.85. The van der Waals surface area contributed by atoms with E-state index in [1.165, 1.54) is 14.2 Å². The molecular formula is C14H20O4. The van der Waals surface area contributed by atoms with Crippen molar-refractivity contribution < 1.29 is 19.7 Å². The molecule has 0 aliphatic heterocycles. The van der Waals surface area contributed by atoms with Crippen LogP contribution < -0.4 is 9.47 Å². The van der Waals surface area contributed by atoms with Crippen LogP contribution in [0.2, 0.25) is 0 Å². The van der Waals surface area contributed by atoms with Crippen LogP contribution in [0.15, 0.2) is 12.2 Å². The number of phenolic OH excluding ortho intramolecular Hbond substituents is 2. The Hall–Kier alpha value is -1.84. The second-order valence-electron chi connectivity index (χ2n) is 3.95. The molecule has 0 unspecified atom stereocenters. The van der Waals surface area contributed by atoms with Gasteiger partial charge in [-0.3, -0.25) is 0 Å². The molecule has 0 saturated heterocycles. The van der Waals surface area contributed by atoms with Crippen LogP contribution in [0, 0.1) is 6.92 Å². The third kappa shape index (κ3) is 2.53. The number of allylic oxidation sites excluding steroid dienone is 2. The predicted octanol–water partition coefficient (Wildman–Crippen LogP) is 2.93. The number of benzene rings is 1. The molecule has 0 aliphatic rings. The number of ether oxygens (including phenoxy) is 2. The van der Waals surface area contributed by atoms with Gasteiger partial charge in [-0.05, 0) is 19.8 Å². The van der Waals surface area contributed by atoms with E-state index < -0.39 is 0 Å². The minimum absolute atomic E-state index is 0.00653. The van der Waals surface area contributed by atoms with Crippen molar-refractivity contribution in [2.75, 3.05) is 14.2 Å². The van der Waals surface area contributed by atoms with Crippen LogP contribution in [0.1, 0.15) is 24.5 Å². The maximum Gasteiger partial charge on any atom is 0.207 e. The molecule has 0 heterocycles. The summed E-state index contributed by atoms with van der Waals surface area (Å²) in [6.45, 7) is 3.78. The van der Waals surface area contributed by atoms with Crippen LogP contribution in [0.4, 0.5) is 0 Å². The van der Waals surface area contributed by atoms with Gasteiger partial charge in [-0.1, -0.05) is 19.1 Å². The molecule has 0 bridgehead atoms. The fourth-order valence-electron chi connectivity index (χ4n) is 1.84. The molecule has 1 rings (SSSR count). The molecule has 0 radical (unpaired) electrons. The Balaban J connectivity index is 3.34. The van der Waals surface area contributed by atoms with E-state index >= 15 is 0 Å². The maximum atomic E-state index is 10.2. The van der Waals surface area contributed by atoms with Crippen molar-refractivity contribution in [3.05, 3.63) is 23.3 Å². The Morgan fingerprint density at radius 2 is 1.56 bits per heavy atom. The molecule has 4 nitrogen and oxygen atoms in total. The topological polar surface area (TPSA) is 58.9 Å². The lowest BCUT2D eigenvalue weighted by molar-refractivity contribution is 0.314. The first-order valence-corrected chi connectivity index (χ1v) is 5.88. The first kappa shape index (κ1) is 14.2. The molecule has 1 aromatic carbocycles. The van der Waals surface area contributed by atoms with Crippen molar-refractivity contribution >= 4 is 0 Å². The Morgan fingerprint density at radius 1 is 1.00 bits per heavy atom. The van der Waals surface area contributed by atoms with Gasteiger partial charge in [-0.25, -0.2) is 0 Å². The van der Waals surface area contributed by atoms with Crippen LogP contribution in [-0.4, -0.2) is 24.4 Å². The number of methoxy groups -OCH3 is 2. The van der Waals surface area contributed by atoms with Crippen LogP contribution in [-0.2, 0) is 6.42 Å². The first-order chi connectivity index (χ1) is 8.58. The van der Waals surface area contributed by atoms with Crippen molar-refractivity contribution in [1.82, 2.24) is 0 Å². The molecule has 0 saturated carbocycles. The minimum Gasteiger partial charge on any atom is -0.504 e. The van der Waals surface area contributed by atoms with Gasteiger partial charge in [0.2, 0.25) is 11.5 Å². The zero-order valence-electron chi connectivity index (χ0n) is 11.3. The third-order valence-corrected chi connectivity index (χ3v) is 2.86. The Bertz CT molecular complexity index is 450. The lowest BCUT2D eigenvalue weighted by atomic mass is 10.0. The summed E-state index contributed by atoms with van der Waals surface area (Å²) in [5.41, 5.74) is 1.25. The fraction of sp³-hybridized carbons (Fsp3) is 0.429. The summed E-state index contributed by atoms with van der Waals surface area (Å²) < 4.78 is 10.1. The summed E-state index contributed by atoms with van der Waals surface area (Å²) in [5.74, 6) is 0.355. The summed E-state index contributed by atoms with van der Waals surface area (Å²) >= 11 is 0. The lowest BCUT2D eigenvalue weighted by Gasteiger charge is -2.16. The van der Waals surface area contributed by atoms with E-state index in [1.54, 1.807) is 6.92 Å². The molecular weight excluding hydrogens is 232 g/mol. The lowest BCUT2D eigenvalue weighted by Crippen LogP contribution is -1.98. The second kappa shape index (κ2) is 6.19. The van der Waals surface area contributed by atoms with Gasteiger partial charge in [0.1, 0.15) is 0 Å². The molecule has 0 aromatic heterocycles. The number of hydrogen-bond acceptors (Lipinski definition) is 4. The number of hydrogen-bond donors (Lipinski definition) is 2. The van der Waals surface area contributed by atoms with Gasteiger partial charge in [-0.2, -0.15) is 0 Å². The van der Waals surface area contributed by atoms with Crippen LogP contribution >= 0.6 is 0 Å². The molecule has 0 atom stereocenters. The average molecular weight is 252 g/mol. The number of rotatable bonds is 5. The highest BCUT2D eigenvalue weighted by Crippen LogP contribution is 2.48. The highest BCUT2D eigenvalue weighted by molar-refractivity contribution is 5.66. The van der Waals surface area contributed by atoms with E-state index in [9.17, 15) is 10.2 Å². The van der Waals surface area contributed by atoms with Crippen LogP contribution in [0.5, 0.6) is 23.0 Å². The Labute approximate surface area is 107 Å². The molecule has 0 amide bonds. The molecule has 100 valence electrons. The first-order valence-electron chi connectivity index (χ1n) is 5.88. The summed E-state index contributed by atoms with van der Waals surface area (Å²) in [6, 6.07) is 0. The van der Waals surface area contributed by atoms with E-state index in [4.69, 9.17) is 9.47 Å². The van der Waals surface area contributed by atoms with E-state index in [-0.39, 0.29) is 23.0 Å². The normalized spacial score (nSPS) is 10.9. The Morgan fingerprint density at radius 3 is 2.06 bits per heavy atom. The molecule has 0 spiro atoms. The molecule has 0 fully saturated rings. The van der Waals surface area contributed by atoms with Gasteiger partial charge >= 0.3 is 0 Å². The highest BCUT2D eigenvalue weighted by atomic mass is 16.5. The van der Waals surface area contributed by atoms with Crippen molar-refractivity contribution in [2.24, 2.45) is 0 Å². The van der Waals surface area contributed by atoms with Crippen molar-refractivity contribution in [3.63, 3.8) is 0 Å². The van der Waals surface area contributed by atoms with Gasteiger partial charge in [0.25, 0.3) is 0 Å². The largest absolute Gasteiger partial charge is 0.504 e. The van der Waals surface area contributed by atoms with Crippen LogP contribution in [0.3, 0.4) is 0 Å². The van der Waals surface area contributed by atoms with Crippen LogP contribution in [0.25, 0.3) is 0 Å². The number of phenols is 2. The summed E-state index contributed by atoms with van der Waals surface area (Å²) in [5, 5.41) is 20.2. The monoisotopic (exact) mass is 252 g/mol. The maximum absolute atomic E-state index is 10.2. The van der Waals surface area contributed by atoms with E-state index in [0.717, 1.165) is 6.42 Å². The van der Waals surface area contributed by atoms with Gasteiger partial charge in [0.05, 0.1) is 14.2 Å². The standard InChI is InChI=1S/C14H20O4/c1-5-6-7-8-10-9(2)11(15)13(17-3)14(18-4)12(10)16/h6-7,15-16H,5,8H2,1-4H3/b7-6+. The average Bonchev–Trinajstić information content (AvgIpc) is 2.37. The van der Waals surface area contributed by atoms with Gasteiger partial charge in [0.15, 0.2) is 11.5 Å². The van der Waals surface area contributed by atoms with Gasteiger partial charge in [0, 0.05) is 11.1 Å². The molecule has 18 heavy (non-hydrogen) atoms. The van der Waals surface area contributed by atoms with Gasteiger partial charge < -0.3 is 19.7 Å². The minimum atomic E-state index is 0.00653. The molecule has 4 heteroatoms. The summed E-state index contributed by atoms with van der Waals surface area (Å²) in [4.78, 5) is 0.